The Morgan fingerprint density at radius 2 is 1.83 bits per heavy atom. The highest BCUT2D eigenvalue weighted by atomic mass is 16.5. The van der Waals surface area contributed by atoms with Crippen molar-refractivity contribution in [3.63, 3.8) is 0 Å². The van der Waals surface area contributed by atoms with Crippen LogP contribution in [0.3, 0.4) is 0 Å². The summed E-state index contributed by atoms with van der Waals surface area (Å²) in [5.74, 6) is 2.37. The standard InChI is InChI=1S/C21H24N4O3.C2H6/c1-3-19-23-20-16(21(24-19)25-8-10-28-11-9-25)5-6-17(22-20)14-4-7-18(27-2)15(12-14)13-26;1-2/h4-7,12,26H,3,8-11,13H2,1-2H3;1-2H3. The number of benzene rings is 1. The van der Waals surface area contributed by atoms with Crippen LogP contribution >= 0.6 is 0 Å². The predicted octanol–water partition coefficient (Wildman–Crippen LogP) is 3.62. The smallest absolute Gasteiger partial charge is 0.165 e. The molecule has 7 heteroatoms. The van der Waals surface area contributed by atoms with Gasteiger partial charge in [-0.3, -0.25) is 0 Å². The molecular formula is C23H30N4O3. The Morgan fingerprint density at radius 3 is 2.50 bits per heavy atom. The van der Waals surface area contributed by atoms with E-state index in [9.17, 15) is 5.11 Å². The molecule has 4 rings (SSSR count). The van der Waals surface area contributed by atoms with E-state index in [-0.39, 0.29) is 6.61 Å². The molecule has 0 amide bonds. The highest BCUT2D eigenvalue weighted by Crippen LogP contribution is 2.29. The average molecular weight is 411 g/mol. The maximum Gasteiger partial charge on any atom is 0.165 e. The summed E-state index contributed by atoms with van der Waals surface area (Å²) in [4.78, 5) is 16.5. The van der Waals surface area contributed by atoms with E-state index in [4.69, 9.17) is 19.4 Å². The van der Waals surface area contributed by atoms with Crippen LogP contribution in [0.4, 0.5) is 5.82 Å². The first kappa shape index (κ1) is 21.9. The van der Waals surface area contributed by atoms with Crippen LogP contribution in [0.5, 0.6) is 5.75 Å². The molecule has 0 atom stereocenters. The van der Waals surface area contributed by atoms with Crippen molar-refractivity contribution in [3.8, 4) is 17.0 Å². The lowest BCUT2D eigenvalue weighted by atomic mass is 10.1. The second-order valence-electron chi connectivity index (χ2n) is 6.67. The monoisotopic (exact) mass is 410 g/mol. The third-order valence-electron chi connectivity index (χ3n) is 4.96. The van der Waals surface area contributed by atoms with Gasteiger partial charge in [-0.15, -0.1) is 0 Å². The average Bonchev–Trinajstić information content (AvgIpc) is 2.84. The SMILES string of the molecule is CC.CCc1nc(N2CCOCC2)c2ccc(-c3ccc(OC)c(CO)c3)nc2n1. The number of aliphatic hydroxyl groups is 1. The number of anilines is 1. The molecule has 1 aliphatic heterocycles. The van der Waals surface area contributed by atoms with Crippen LogP contribution in [0.15, 0.2) is 30.3 Å². The molecule has 0 saturated carbocycles. The molecule has 0 aliphatic carbocycles. The number of hydrogen-bond acceptors (Lipinski definition) is 7. The normalized spacial score (nSPS) is 13.7. The Balaban J connectivity index is 0.00000124. The van der Waals surface area contributed by atoms with Crippen LogP contribution in [0, 0.1) is 0 Å². The van der Waals surface area contributed by atoms with Crippen LogP contribution in [0.2, 0.25) is 0 Å². The molecule has 1 saturated heterocycles. The molecule has 7 nitrogen and oxygen atoms in total. The molecule has 2 aromatic heterocycles. The number of hydrogen-bond donors (Lipinski definition) is 1. The van der Waals surface area contributed by atoms with Gasteiger partial charge in [0.2, 0.25) is 0 Å². The lowest BCUT2D eigenvalue weighted by molar-refractivity contribution is 0.122. The van der Waals surface area contributed by atoms with Crippen molar-refractivity contribution in [2.24, 2.45) is 0 Å². The summed E-state index contributed by atoms with van der Waals surface area (Å²) in [6, 6.07) is 9.70. The van der Waals surface area contributed by atoms with E-state index in [1.54, 1.807) is 7.11 Å². The van der Waals surface area contributed by atoms with Crippen LogP contribution in [-0.2, 0) is 17.8 Å². The summed E-state index contributed by atoms with van der Waals surface area (Å²) in [6.45, 7) is 8.99. The molecule has 1 N–H and O–H groups in total. The topological polar surface area (TPSA) is 80.6 Å². The zero-order valence-corrected chi connectivity index (χ0v) is 18.2. The van der Waals surface area contributed by atoms with E-state index < -0.39 is 0 Å². The molecular weight excluding hydrogens is 380 g/mol. The Kier molecular flexibility index (Phi) is 7.54. The zero-order chi connectivity index (χ0) is 21.5. The predicted molar refractivity (Wildman–Crippen MR) is 119 cm³/mol. The van der Waals surface area contributed by atoms with E-state index >= 15 is 0 Å². The Labute approximate surface area is 177 Å². The quantitative estimate of drug-likeness (QED) is 0.688. The number of aliphatic hydroxyl groups excluding tert-OH is 1. The highest BCUT2D eigenvalue weighted by molar-refractivity contribution is 5.88. The zero-order valence-electron chi connectivity index (χ0n) is 18.2. The van der Waals surface area contributed by atoms with Gasteiger partial charge in [-0.05, 0) is 30.3 Å². The third-order valence-corrected chi connectivity index (χ3v) is 4.96. The fourth-order valence-electron chi connectivity index (χ4n) is 3.43. The van der Waals surface area contributed by atoms with Gasteiger partial charge in [0.1, 0.15) is 17.4 Å². The van der Waals surface area contributed by atoms with Gasteiger partial charge in [-0.25, -0.2) is 15.0 Å². The van der Waals surface area contributed by atoms with Crippen molar-refractivity contribution in [2.75, 3.05) is 38.3 Å². The largest absolute Gasteiger partial charge is 0.496 e. The molecule has 1 fully saturated rings. The number of nitrogens with zero attached hydrogens (tertiary/aromatic N) is 4. The number of aryl methyl sites for hydroxylation is 1. The summed E-state index contributed by atoms with van der Waals surface area (Å²) in [5, 5.41) is 10.5. The minimum Gasteiger partial charge on any atom is -0.496 e. The van der Waals surface area contributed by atoms with Gasteiger partial charge < -0.3 is 19.5 Å². The van der Waals surface area contributed by atoms with Crippen molar-refractivity contribution >= 4 is 16.9 Å². The van der Waals surface area contributed by atoms with Crippen molar-refractivity contribution in [1.29, 1.82) is 0 Å². The number of pyridine rings is 1. The lowest BCUT2D eigenvalue weighted by Gasteiger charge is -2.28. The Bertz CT molecular complexity index is 988. The molecule has 0 radical (unpaired) electrons. The molecule has 1 aliphatic rings. The van der Waals surface area contributed by atoms with Gasteiger partial charge in [0.05, 0.1) is 38.0 Å². The first-order chi connectivity index (χ1) is 14.7. The summed E-state index contributed by atoms with van der Waals surface area (Å²) < 4.78 is 10.8. The van der Waals surface area contributed by atoms with E-state index in [1.165, 1.54) is 0 Å². The van der Waals surface area contributed by atoms with Gasteiger partial charge >= 0.3 is 0 Å². The molecule has 30 heavy (non-hydrogen) atoms. The third kappa shape index (κ3) is 4.52. The van der Waals surface area contributed by atoms with Crippen molar-refractivity contribution in [3.05, 3.63) is 41.7 Å². The summed E-state index contributed by atoms with van der Waals surface area (Å²) in [7, 11) is 1.60. The van der Waals surface area contributed by atoms with E-state index in [1.807, 2.05) is 51.1 Å². The van der Waals surface area contributed by atoms with Crippen molar-refractivity contribution in [1.82, 2.24) is 15.0 Å². The first-order valence-corrected chi connectivity index (χ1v) is 10.5. The van der Waals surface area contributed by atoms with Crippen LogP contribution in [0.25, 0.3) is 22.3 Å². The molecule has 3 aromatic rings. The summed E-state index contributed by atoms with van der Waals surface area (Å²) >= 11 is 0. The first-order valence-electron chi connectivity index (χ1n) is 10.5. The molecule has 0 unspecified atom stereocenters. The minimum absolute atomic E-state index is 0.0894. The number of morpholine rings is 1. The van der Waals surface area contributed by atoms with Crippen molar-refractivity contribution < 1.29 is 14.6 Å². The second kappa shape index (κ2) is 10.3. The molecule has 0 bridgehead atoms. The number of fused-ring (bicyclic) bond motifs is 1. The molecule has 3 heterocycles. The van der Waals surface area contributed by atoms with Gasteiger partial charge in [-0.2, -0.15) is 0 Å². The highest BCUT2D eigenvalue weighted by Gasteiger charge is 2.18. The lowest BCUT2D eigenvalue weighted by Crippen LogP contribution is -2.37. The van der Waals surface area contributed by atoms with E-state index in [0.717, 1.165) is 53.4 Å². The van der Waals surface area contributed by atoms with Crippen LogP contribution in [0.1, 0.15) is 32.2 Å². The maximum absolute atomic E-state index is 9.60. The van der Waals surface area contributed by atoms with Crippen LogP contribution in [-0.4, -0.2) is 53.5 Å². The second-order valence-corrected chi connectivity index (χ2v) is 6.67. The number of rotatable bonds is 5. The van der Waals surface area contributed by atoms with Crippen LogP contribution < -0.4 is 9.64 Å². The summed E-state index contributed by atoms with van der Waals surface area (Å²) in [6.07, 6.45) is 0.746. The van der Waals surface area contributed by atoms with E-state index in [0.29, 0.717) is 24.6 Å². The fraction of sp³-hybridized carbons (Fsp3) is 0.435. The molecule has 0 spiro atoms. The Hall–Kier alpha value is -2.77. The van der Waals surface area contributed by atoms with Gasteiger partial charge in [-0.1, -0.05) is 20.8 Å². The van der Waals surface area contributed by atoms with E-state index in [2.05, 4.69) is 9.88 Å². The minimum atomic E-state index is -0.0894. The number of aromatic nitrogens is 3. The Morgan fingerprint density at radius 1 is 1.07 bits per heavy atom. The maximum atomic E-state index is 9.60. The van der Waals surface area contributed by atoms with Gasteiger partial charge in [0, 0.05) is 30.6 Å². The number of ether oxygens (including phenoxy) is 2. The van der Waals surface area contributed by atoms with Gasteiger partial charge in [0.25, 0.3) is 0 Å². The summed E-state index contributed by atoms with van der Waals surface area (Å²) in [5.41, 5.74) is 3.13. The molecule has 1 aromatic carbocycles. The molecule has 160 valence electrons. The van der Waals surface area contributed by atoms with Gasteiger partial charge in [0.15, 0.2) is 5.65 Å². The fourth-order valence-corrected chi connectivity index (χ4v) is 3.43. The number of methoxy groups -OCH3 is 1. The van der Waals surface area contributed by atoms with Crippen molar-refractivity contribution in [2.45, 2.75) is 33.8 Å².